The quantitative estimate of drug-likeness (QED) is 0.597. The molecule has 22 heavy (non-hydrogen) atoms. The van der Waals surface area contributed by atoms with E-state index in [1.165, 1.54) is 11.1 Å². The maximum atomic E-state index is 12.0. The number of nitrogens with one attached hydrogen (secondary N) is 2. The number of hydrogen-bond acceptors (Lipinski definition) is 4. The normalized spacial score (nSPS) is 10.9. The Morgan fingerprint density at radius 3 is 2.95 bits per heavy atom. The molecule has 0 aliphatic heterocycles. The van der Waals surface area contributed by atoms with Crippen molar-refractivity contribution in [3.63, 3.8) is 0 Å². The zero-order valence-electron chi connectivity index (χ0n) is 11.4. The molecule has 3 aromatic heterocycles. The van der Waals surface area contributed by atoms with Gasteiger partial charge < -0.3 is 9.73 Å². The number of carbonyl (C=O) groups is 1. The summed E-state index contributed by atoms with van der Waals surface area (Å²) >= 11 is 1.68. The van der Waals surface area contributed by atoms with Crippen molar-refractivity contribution in [2.24, 2.45) is 0 Å². The molecule has 4 rings (SSSR count). The minimum atomic E-state index is -0.319. The lowest BCUT2D eigenvalue weighted by molar-refractivity contribution is 0.0996. The molecule has 1 amide bonds. The molecule has 2 N–H and O–H groups in total. The summed E-state index contributed by atoms with van der Waals surface area (Å²) in [6, 6.07) is 13.4. The molecule has 0 aliphatic carbocycles. The van der Waals surface area contributed by atoms with E-state index in [4.69, 9.17) is 4.42 Å². The van der Waals surface area contributed by atoms with Crippen LogP contribution in [-0.2, 0) is 0 Å². The Hall–Kier alpha value is -2.86. The first-order chi connectivity index (χ1) is 10.8. The van der Waals surface area contributed by atoms with Gasteiger partial charge in [-0.25, -0.2) is 0 Å². The van der Waals surface area contributed by atoms with E-state index < -0.39 is 0 Å². The van der Waals surface area contributed by atoms with Crippen LogP contribution in [0.3, 0.4) is 0 Å². The molecule has 1 aromatic carbocycles. The molecule has 6 heteroatoms. The number of benzene rings is 1. The van der Waals surface area contributed by atoms with Crippen molar-refractivity contribution < 1.29 is 9.21 Å². The number of fused-ring (bicyclic) bond motifs is 1. The number of hydrogen-bond donors (Lipinski definition) is 2. The molecule has 0 atom stereocenters. The number of thiophene rings is 1. The average Bonchev–Trinajstić information content (AvgIpc) is 3.29. The number of nitrogens with zero attached hydrogens (tertiary/aromatic N) is 1. The summed E-state index contributed by atoms with van der Waals surface area (Å²) in [6.45, 7) is 0. The summed E-state index contributed by atoms with van der Waals surface area (Å²) in [5.41, 5.74) is 2.00. The van der Waals surface area contributed by atoms with Gasteiger partial charge in [0.05, 0.1) is 11.8 Å². The van der Waals surface area contributed by atoms with Crippen LogP contribution in [-0.4, -0.2) is 16.1 Å². The Labute approximate surface area is 129 Å². The van der Waals surface area contributed by atoms with Crippen LogP contribution >= 0.6 is 11.3 Å². The third-order valence-electron chi connectivity index (χ3n) is 3.35. The second kappa shape index (κ2) is 5.16. The van der Waals surface area contributed by atoms with Gasteiger partial charge in [0.1, 0.15) is 0 Å². The molecular weight excluding hydrogens is 298 g/mol. The monoisotopic (exact) mass is 309 g/mol. The number of anilines is 1. The maximum Gasteiger partial charge on any atom is 0.292 e. The van der Waals surface area contributed by atoms with Crippen LogP contribution < -0.4 is 5.32 Å². The lowest BCUT2D eigenvalue weighted by Gasteiger charge is -2.00. The molecule has 108 valence electrons. The van der Waals surface area contributed by atoms with E-state index in [1.807, 2.05) is 29.6 Å². The van der Waals surface area contributed by atoms with Gasteiger partial charge >= 0.3 is 0 Å². The third-order valence-corrected chi connectivity index (χ3v) is 4.26. The van der Waals surface area contributed by atoms with E-state index in [0.29, 0.717) is 5.82 Å². The van der Waals surface area contributed by atoms with E-state index in [-0.39, 0.29) is 11.7 Å². The van der Waals surface area contributed by atoms with Crippen molar-refractivity contribution >= 4 is 34.0 Å². The van der Waals surface area contributed by atoms with Gasteiger partial charge in [-0.15, -0.1) is 11.3 Å². The first-order valence-corrected chi connectivity index (χ1v) is 7.56. The first kappa shape index (κ1) is 12.8. The molecule has 0 unspecified atom stereocenters. The molecule has 0 aliphatic rings. The zero-order chi connectivity index (χ0) is 14.9. The molecule has 3 heterocycles. The van der Waals surface area contributed by atoms with Crippen LogP contribution in [0.25, 0.3) is 21.3 Å². The van der Waals surface area contributed by atoms with Crippen LogP contribution in [0.4, 0.5) is 5.82 Å². The van der Waals surface area contributed by atoms with E-state index in [2.05, 4.69) is 21.6 Å². The maximum absolute atomic E-state index is 12.0. The fraction of sp³-hybridized carbons (Fsp3) is 0. The van der Waals surface area contributed by atoms with Crippen molar-refractivity contribution in [3.8, 4) is 10.4 Å². The number of aromatic amines is 1. The van der Waals surface area contributed by atoms with Crippen LogP contribution in [0.2, 0.25) is 0 Å². The van der Waals surface area contributed by atoms with E-state index in [9.17, 15) is 4.79 Å². The molecule has 4 aromatic rings. The molecule has 0 radical (unpaired) electrons. The lowest BCUT2D eigenvalue weighted by atomic mass is 10.1. The number of rotatable bonds is 3. The highest BCUT2D eigenvalue weighted by atomic mass is 32.1. The molecule has 0 bridgehead atoms. The second-order valence-electron chi connectivity index (χ2n) is 4.74. The Bertz CT molecular complexity index is 924. The summed E-state index contributed by atoms with van der Waals surface area (Å²) in [5.74, 6) is 0.432. The van der Waals surface area contributed by atoms with Gasteiger partial charge in [-0.3, -0.25) is 9.89 Å². The van der Waals surface area contributed by atoms with Crippen molar-refractivity contribution in [3.05, 3.63) is 59.9 Å². The number of aromatic nitrogens is 2. The van der Waals surface area contributed by atoms with Crippen molar-refractivity contribution in [2.75, 3.05) is 5.32 Å². The summed E-state index contributed by atoms with van der Waals surface area (Å²) in [5, 5.41) is 12.8. The van der Waals surface area contributed by atoms with E-state index >= 15 is 0 Å². The van der Waals surface area contributed by atoms with Crippen LogP contribution in [0, 0.1) is 0 Å². The van der Waals surface area contributed by atoms with Crippen molar-refractivity contribution in [1.29, 1.82) is 0 Å². The van der Waals surface area contributed by atoms with E-state index in [1.54, 1.807) is 23.5 Å². The van der Waals surface area contributed by atoms with Crippen LogP contribution in [0.15, 0.2) is 58.5 Å². The summed E-state index contributed by atoms with van der Waals surface area (Å²) in [4.78, 5) is 13.2. The summed E-state index contributed by atoms with van der Waals surface area (Å²) in [7, 11) is 0. The molecule has 0 fully saturated rings. The third kappa shape index (κ3) is 2.19. The van der Waals surface area contributed by atoms with Gasteiger partial charge in [0.15, 0.2) is 11.6 Å². The summed E-state index contributed by atoms with van der Waals surface area (Å²) < 4.78 is 5.08. The minimum absolute atomic E-state index is 0.256. The predicted octanol–water partition coefficient (Wildman–Crippen LogP) is 4.14. The molecule has 0 saturated heterocycles. The SMILES string of the molecule is O=C(Nc1n[nH]c2cc(-c3cccs3)ccc12)c1ccco1. The van der Waals surface area contributed by atoms with Gasteiger partial charge in [0.2, 0.25) is 0 Å². The van der Waals surface area contributed by atoms with Crippen LogP contribution in [0.5, 0.6) is 0 Å². The fourth-order valence-corrected chi connectivity index (χ4v) is 3.01. The Kier molecular flexibility index (Phi) is 3.01. The highest BCUT2D eigenvalue weighted by Crippen LogP contribution is 2.29. The highest BCUT2D eigenvalue weighted by Gasteiger charge is 2.13. The van der Waals surface area contributed by atoms with Gasteiger partial charge in [-0.05, 0) is 41.3 Å². The number of furan rings is 1. The van der Waals surface area contributed by atoms with Gasteiger partial charge in [0, 0.05) is 10.3 Å². The second-order valence-corrected chi connectivity index (χ2v) is 5.69. The largest absolute Gasteiger partial charge is 0.459 e. The standard InChI is InChI=1S/C16H11N3O2S/c20-16(13-3-1-7-21-13)17-15-11-6-5-10(9-12(11)18-19-15)14-4-2-8-22-14/h1-9H,(H2,17,18,19,20). The molecule has 0 spiro atoms. The lowest BCUT2D eigenvalue weighted by Crippen LogP contribution is -2.11. The minimum Gasteiger partial charge on any atom is -0.459 e. The van der Waals surface area contributed by atoms with E-state index in [0.717, 1.165) is 16.5 Å². The Morgan fingerprint density at radius 2 is 2.18 bits per heavy atom. The highest BCUT2D eigenvalue weighted by molar-refractivity contribution is 7.13. The smallest absolute Gasteiger partial charge is 0.292 e. The van der Waals surface area contributed by atoms with Gasteiger partial charge in [0.25, 0.3) is 5.91 Å². The molecule has 0 saturated carbocycles. The van der Waals surface area contributed by atoms with Gasteiger partial charge in [-0.2, -0.15) is 5.10 Å². The number of H-pyrrole nitrogens is 1. The fourth-order valence-electron chi connectivity index (χ4n) is 2.29. The topological polar surface area (TPSA) is 70.9 Å². The van der Waals surface area contributed by atoms with Crippen molar-refractivity contribution in [2.45, 2.75) is 0 Å². The number of amides is 1. The Balaban J connectivity index is 1.67. The zero-order valence-corrected chi connectivity index (χ0v) is 12.2. The predicted molar refractivity (Wildman–Crippen MR) is 86.1 cm³/mol. The van der Waals surface area contributed by atoms with Crippen molar-refractivity contribution in [1.82, 2.24) is 10.2 Å². The van der Waals surface area contributed by atoms with Crippen LogP contribution in [0.1, 0.15) is 10.6 Å². The average molecular weight is 309 g/mol. The first-order valence-electron chi connectivity index (χ1n) is 6.68. The Morgan fingerprint density at radius 1 is 1.23 bits per heavy atom. The van der Waals surface area contributed by atoms with Gasteiger partial charge in [-0.1, -0.05) is 12.1 Å². The molecular formula is C16H11N3O2S. The molecule has 5 nitrogen and oxygen atoms in total. The summed E-state index contributed by atoms with van der Waals surface area (Å²) in [6.07, 6.45) is 1.46. The number of carbonyl (C=O) groups excluding carboxylic acids is 1.